The third-order valence-electron chi connectivity index (χ3n) is 3.92. The number of fused-ring (bicyclic) bond motifs is 1. The minimum absolute atomic E-state index is 0.310. The Labute approximate surface area is 110 Å². The molecule has 0 aliphatic carbocycles. The molecule has 0 saturated carbocycles. The van der Waals surface area contributed by atoms with Crippen LogP contribution in [0.5, 0.6) is 0 Å². The van der Waals surface area contributed by atoms with Crippen LogP contribution in [0.1, 0.15) is 56.2 Å². The molecule has 1 aromatic carbocycles. The lowest BCUT2D eigenvalue weighted by Gasteiger charge is -2.35. The fraction of sp³-hybridized carbons (Fsp3) is 0.562. The fourth-order valence-electron chi connectivity index (χ4n) is 2.88. The maximum atomic E-state index is 11.2. The molecule has 2 rings (SSSR count). The molecule has 0 saturated heterocycles. The molecule has 1 heterocycles. The molecular weight excluding hydrogens is 222 g/mol. The number of nitrogens with zero attached hydrogens (tertiary/aromatic N) is 1. The predicted octanol–water partition coefficient (Wildman–Crippen LogP) is 3.71. The molecule has 98 valence electrons. The Morgan fingerprint density at radius 3 is 2.89 bits per heavy atom. The minimum atomic E-state index is 0.310. The first kappa shape index (κ1) is 13.1. The molecule has 1 aliphatic heterocycles. The van der Waals surface area contributed by atoms with Gasteiger partial charge >= 0.3 is 0 Å². The summed E-state index contributed by atoms with van der Waals surface area (Å²) in [4.78, 5) is 13.2. The smallest absolute Gasteiger partial charge is 0.210 e. The van der Waals surface area contributed by atoms with E-state index in [-0.39, 0.29) is 0 Å². The van der Waals surface area contributed by atoms with E-state index in [0.717, 1.165) is 25.8 Å². The molecule has 1 atom stereocenters. The molecule has 1 aliphatic rings. The zero-order chi connectivity index (χ0) is 12.8. The molecule has 0 spiro atoms. The van der Waals surface area contributed by atoms with Crippen LogP contribution < -0.4 is 0 Å². The average molecular weight is 245 g/mol. The van der Waals surface area contributed by atoms with Crippen molar-refractivity contribution in [1.29, 1.82) is 0 Å². The van der Waals surface area contributed by atoms with Crippen LogP contribution in [0.15, 0.2) is 24.3 Å². The standard InChI is InChI=1S/C16H23NO/c1-2-3-4-5-10-16-15-9-7-6-8-14(15)11-12-17(16)13-18/h6-9,13,16H,2-5,10-12H2,1H3. The van der Waals surface area contributed by atoms with Gasteiger partial charge in [-0.1, -0.05) is 56.9 Å². The van der Waals surface area contributed by atoms with E-state index in [9.17, 15) is 4.79 Å². The van der Waals surface area contributed by atoms with E-state index in [0.29, 0.717) is 6.04 Å². The predicted molar refractivity (Wildman–Crippen MR) is 74.4 cm³/mol. The Kier molecular flexibility index (Phi) is 4.80. The topological polar surface area (TPSA) is 20.3 Å². The van der Waals surface area contributed by atoms with Gasteiger partial charge in [0.25, 0.3) is 0 Å². The zero-order valence-corrected chi connectivity index (χ0v) is 11.3. The van der Waals surface area contributed by atoms with Gasteiger partial charge in [0.15, 0.2) is 0 Å². The summed E-state index contributed by atoms with van der Waals surface area (Å²) in [6, 6.07) is 8.89. The third-order valence-corrected chi connectivity index (χ3v) is 3.92. The van der Waals surface area contributed by atoms with E-state index < -0.39 is 0 Å². The lowest BCUT2D eigenvalue weighted by Crippen LogP contribution is -2.34. The van der Waals surface area contributed by atoms with E-state index in [1.165, 1.54) is 36.8 Å². The van der Waals surface area contributed by atoms with Crippen molar-refractivity contribution >= 4 is 6.41 Å². The largest absolute Gasteiger partial charge is 0.338 e. The highest BCUT2D eigenvalue weighted by atomic mass is 16.1. The second-order valence-corrected chi connectivity index (χ2v) is 5.16. The molecule has 2 heteroatoms. The van der Waals surface area contributed by atoms with Crippen molar-refractivity contribution in [3.8, 4) is 0 Å². The molecule has 0 N–H and O–H groups in total. The summed E-state index contributed by atoms with van der Waals surface area (Å²) in [5.41, 5.74) is 2.79. The summed E-state index contributed by atoms with van der Waals surface area (Å²) < 4.78 is 0. The van der Waals surface area contributed by atoms with Gasteiger partial charge in [-0.05, 0) is 24.0 Å². The van der Waals surface area contributed by atoms with Crippen molar-refractivity contribution in [2.75, 3.05) is 6.54 Å². The van der Waals surface area contributed by atoms with Crippen LogP contribution in [-0.2, 0) is 11.2 Å². The van der Waals surface area contributed by atoms with E-state index in [1.807, 2.05) is 4.90 Å². The van der Waals surface area contributed by atoms with E-state index in [1.54, 1.807) is 0 Å². The van der Waals surface area contributed by atoms with Crippen molar-refractivity contribution in [2.45, 2.75) is 51.5 Å². The number of hydrogen-bond acceptors (Lipinski definition) is 1. The molecule has 1 amide bonds. The number of carbonyl (C=O) groups excluding carboxylic acids is 1. The molecule has 1 aromatic rings. The van der Waals surface area contributed by atoms with Gasteiger partial charge in [0, 0.05) is 6.54 Å². The van der Waals surface area contributed by atoms with Gasteiger partial charge in [-0.15, -0.1) is 0 Å². The van der Waals surface area contributed by atoms with Crippen molar-refractivity contribution in [3.05, 3.63) is 35.4 Å². The Balaban J connectivity index is 2.06. The van der Waals surface area contributed by atoms with Gasteiger partial charge in [0.05, 0.1) is 6.04 Å². The third kappa shape index (κ3) is 2.92. The van der Waals surface area contributed by atoms with Gasteiger partial charge in [-0.2, -0.15) is 0 Å². The van der Waals surface area contributed by atoms with Crippen molar-refractivity contribution in [1.82, 2.24) is 4.90 Å². The SMILES string of the molecule is CCCCCCC1c2ccccc2CCN1C=O. The fourth-order valence-corrected chi connectivity index (χ4v) is 2.88. The summed E-state index contributed by atoms with van der Waals surface area (Å²) in [6.07, 6.45) is 8.20. The Morgan fingerprint density at radius 2 is 2.11 bits per heavy atom. The highest BCUT2D eigenvalue weighted by Crippen LogP contribution is 2.32. The molecule has 0 aromatic heterocycles. The Morgan fingerprint density at radius 1 is 1.28 bits per heavy atom. The lowest BCUT2D eigenvalue weighted by molar-refractivity contribution is -0.120. The monoisotopic (exact) mass is 245 g/mol. The highest BCUT2D eigenvalue weighted by molar-refractivity contribution is 5.51. The van der Waals surface area contributed by atoms with E-state index in [2.05, 4.69) is 31.2 Å². The van der Waals surface area contributed by atoms with Crippen LogP contribution in [0.25, 0.3) is 0 Å². The normalized spacial score (nSPS) is 18.5. The molecule has 1 unspecified atom stereocenters. The second kappa shape index (κ2) is 6.58. The van der Waals surface area contributed by atoms with E-state index >= 15 is 0 Å². The van der Waals surface area contributed by atoms with Crippen LogP contribution in [0, 0.1) is 0 Å². The number of benzene rings is 1. The summed E-state index contributed by atoms with van der Waals surface area (Å²) in [5, 5.41) is 0. The number of amides is 1. The van der Waals surface area contributed by atoms with Crippen LogP contribution in [0.4, 0.5) is 0 Å². The first-order chi connectivity index (χ1) is 8.86. The van der Waals surface area contributed by atoms with E-state index in [4.69, 9.17) is 0 Å². The second-order valence-electron chi connectivity index (χ2n) is 5.16. The van der Waals surface area contributed by atoms with Crippen LogP contribution >= 0.6 is 0 Å². The van der Waals surface area contributed by atoms with Gasteiger partial charge in [0.2, 0.25) is 6.41 Å². The molecule has 0 bridgehead atoms. The molecular formula is C16H23NO. The van der Waals surface area contributed by atoms with Gasteiger partial charge < -0.3 is 4.90 Å². The van der Waals surface area contributed by atoms with Crippen molar-refractivity contribution in [2.24, 2.45) is 0 Å². The lowest BCUT2D eigenvalue weighted by atomic mass is 9.90. The Hall–Kier alpha value is -1.31. The van der Waals surface area contributed by atoms with Crippen LogP contribution in [0.3, 0.4) is 0 Å². The van der Waals surface area contributed by atoms with Crippen LogP contribution in [0.2, 0.25) is 0 Å². The summed E-state index contributed by atoms with van der Waals surface area (Å²) in [5.74, 6) is 0. The molecule has 2 nitrogen and oxygen atoms in total. The minimum Gasteiger partial charge on any atom is -0.338 e. The first-order valence-corrected chi connectivity index (χ1v) is 7.15. The maximum absolute atomic E-state index is 11.2. The Bertz CT molecular complexity index is 388. The number of hydrogen-bond donors (Lipinski definition) is 0. The molecule has 0 fully saturated rings. The highest BCUT2D eigenvalue weighted by Gasteiger charge is 2.25. The van der Waals surface area contributed by atoms with Gasteiger partial charge in [0.1, 0.15) is 0 Å². The number of unbranched alkanes of at least 4 members (excludes halogenated alkanes) is 3. The summed E-state index contributed by atoms with van der Waals surface area (Å²) in [6.45, 7) is 3.10. The summed E-state index contributed by atoms with van der Waals surface area (Å²) in [7, 11) is 0. The van der Waals surface area contributed by atoms with Gasteiger partial charge in [-0.25, -0.2) is 0 Å². The number of carbonyl (C=O) groups is 1. The van der Waals surface area contributed by atoms with Gasteiger partial charge in [-0.3, -0.25) is 4.79 Å². The maximum Gasteiger partial charge on any atom is 0.210 e. The van der Waals surface area contributed by atoms with Crippen molar-refractivity contribution < 1.29 is 4.79 Å². The molecule has 0 radical (unpaired) electrons. The first-order valence-electron chi connectivity index (χ1n) is 7.15. The number of rotatable bonds is 6. The van der Waals surface area contributed by atoms with Crippen molar-refractivity contribution in [3.63, 3.8) is 0 Å². The van der Waals surface area contributed by atoms with Crippen LogP contribution in [-0.4, -0.2) is 17.9 Å². The zero-order valence-electron chi connectivity index (χ0n) is 11.3. The molecule has 18 heavy (non-hydrogen) atoms. The quantitative estimate of drug-likeness (QED) is 0.552. The average Bonchev–Trinajstić information content (AvgIpc) is 2.43. The summed E-state index contributed by atoms with van der Waals surface area (Å²) >= 11 is 0.